The smallest absolute Gasteiger partial charge is 0.429 e. The third kappa shape index (κ3) is 8.03. The lowest BCUT2D eigenvalue weighted by Gasteiger charge is -2.38. The van der Waals surface area contributed by atoms with Gasteiger partial charge in [-0.3, -0.25) is 25.1 Å². The number of carbonyl (C=O) groups is 3. The Hall–Kier alpha value is -2.99. The predicted octanol–water partition coefficient (Wildman–Crippen LogP) is 3.90. The summed E-state index contributed by atoms with van der Waals surface area (Å²) in [7, 11) is 3.35. The zero-order chi connectivity index (χ0) is 26.5. The Kier molecular flexibility index (Phi) is 9.38. The van der Waals surface area contributed by atoms with Crippen LogP contribution in [0, 0.1) is 16.0 Å². The number of thiocarbonyl (C=S) groups is 1. The van der Waals surface area contributed by atoms with E-state index >= 15 is 0 Å². The second kappa shape index (κ2) is 11.6. The minimum absolute atomic E-state index is 0.0384. The molecule has 0 saturated heterocycles. The van der Waals surface area contributed by atoms with Crippen molar-refractivity contribution in [1.82, 2.24) is 15.3 Å². The predicted molar refractivity (Wildman–Crippen MR) is 135 cm³/mol. The van der Waals surface area contributed by atoms with Crippen LogP contribution in [0.15, 0.2) is 18.2 Å². The van der Waals surface area contributed by atoms with E-state index in [0.717, 1.165) is 11.1 Å². The van der Waals surface area contributed by atoms with Crippen LogP contribution in [0.1, 0.15) is 46.5 Å². The quantitative estimate of drug-likeness (QED) is 0.342. The number of amides is 3. The van der Waals surface area contributed by atoms with Crippen molar-refractivity contribution >= 4 is 58.1 Å². The Morgan fingerprint density at radius 3 is 2.46 bits per heavy atom. The van der Waals surface area contributed by atoms with Gasteiger partial charge in [0.15, 0.2) is 4.99 Å². The summed E-state index contributed by atoms with van der Waals surface area (Å²) in [6.07, 6.45) is 1.60. The Morgan fingerprint density at radius 2 is 1.89 bits per heavy atom. The number of nitro groups is 1. The zero-order valence-electron chi connectivity index (χ0n) is 20.3. The van der Waals surface area contributed by atoms with Crippen molar-refractivity contribution in [2.45, 2.75) is 58.1 Å². The fraction of sp³-hybridized carbons (Fsp3) is 0.545. The molecule has 0 radical (unpaired) electrons. The number of benzene rings is 1. The van der Waals surface area contributed by atoms with Crippen molar-refractivity contribution in [2.24, 2.45) is 5.92 Å². The molecule has 0 aromatic heterocycles. The van der Waals surface area contributed by atoms with E-state index in [2.05, 4.69) is 10.7 Å². The van der Waals surface area contributed by atoms with Gasteiger partial charge >= 0.3 is 6.09 Å². The fourth-order valence-corrected chi connectivity index (χ4v) is 4.00. The molecular weight excluding hydrogens is 498 g/mol. The third-order valence-corrected chi connectivity index (χ3v) is 5.82. The van der Waals surface area contributed by atoms with Crippen molar-refractivity contribution in [3.8, 4) is 0 Å². The van der Waals surface area contributed by atoms with Crippen LogP contribution in [-0.4, -0.2) is 63.5 Å². The molecule has 0 aliphatic heterocycles. The number of halogens is 1. The Balaban J connectivity index is 2.21. The lowest BCUT2D eigenvalue weighted by atomic mass is 9.84. The first-order valence-electron chi connectivity index (χ1n) is 11.0. The monoisotopic (exact) mass is 527 g/mol. The molecule has 0 heterocycles. The molecular formula is C22H30ClN5O6S. The number of carbonyl (C=O) groups excluding carboxylic acids is 3. The van der Waals surface area contributed by atoms with Gasteiger partial charge in [-0.25, -0.2) is 9.80 Å². The number of ether oxygens (including phenoxy) is 1. The molecule has 11 nitrogen and oxygen atoms in total. The van der Waals surface area contributed by atoms with Gasteiger partial charge in [0.05, 0.1) is 11.0 Å². The molecule has 13 heteroatoms. The van der Waals surface area contributed by atoms with E-state index in [4.69, 9.17) is 28.6 Å². The van der Waals surface area contributed by atoms with E-state index in [0.29, 0.717) is 25.7 Å². The maximum absolute atomic E-state index is 13.0. The average Bonchev–Trinajstić information content (AvgIpc) is 2.76. The molecule has 1 aromatic rings. The summed E-state index contributed by atoms with van der Waals surface area (Å²) in [4.78, 5) is 49.8. The van der Waals surface area contributed by atoms with Gasteiger partial charge in [-0.2, -0.15) is 0 Å². The maximum Gasteiger partial charge on any atom is 0.429 e. The molecule has 192 valence electrons. The average molecular weight is 528 g/mol. The van der Waals surface area contributed by atoms with Crippen LogP contribution in [0.3, 0.4) is 0 Å². The number of rotatable bonds is 4. The lowest BCUT2D eigenvalue weighted by Crippen LogP contribution is -2.56. The number of anilines is 1. The van der Waals surface area contributed by atoms with Crippen LogP contribution in [0.4, 0.5) is 16.2 Å². The van der Waals surface area contributed by atoms with Gasteiger partial charge in [-0.1, -0.05) is 30.2 Å². The van der Waals surface area contributed by atoms with E-state index < -0.39 is 28.6 Å². The number of hydrazine groups is 1. The standard InChI is InChI=1S/C22H30ClN5O6S/c1-22(2,3)34-21(31)27(15-8-6-7-13(11-15)20(30)26(4)5)25-19(35)18(29)24-14-9-10-16(23)17(12-14)28(32)33/h9-10,12-13,15H,6-8,11H2,1-5H3,(H,24,29)(H,25,35)/t13-,15?/m0/s1. The molecule has 1 aromatic carbocycles. The highest BCUT2D eigenvalue weighted by Crippen LogP contribution is 2.30. The van der Waals surface area contributed by atoms with Gasteiger partial charge in [0, 0.05) is 31.8 Å². The summed E-state index contributed by atoms with van der Waals surface area (Å²) < 4.78 is 5.50. The SMILES string of the molecule is CN(C)C(=O)[C@H]1CCCC(N(NC(=S)C(=O)Nc2ccc(Cl)c([N+](=O)[O-])c2)C(=O)OC(C)(C)C)C1. The summed E-state index contributed by atoms with van der Waals surface area (Å²) in [5.74, 6) is -1.11. The van der Waals surface area contributed by atoms with E-state index in [1.807, 2.05) is 0 Å². The topological polar surface area (TPSA) is 134 Å². The fourth-order valence-electron chi connectivity index (χ4n) is 3.66. The molecule has 2 atom stereocenters. The molecule has 0 spiro atoms. The summed E-state index contributed by atoms with van der Waals surface area (Å²) in [5.41, 5.74) is 1.58. The van der Waals surface area contributed by atoms with Gasteiger partial charge in [-0.05, 0) is 52.2 Å². The van der Waals surface area contributed by atoms with Crippen LogP contribution in [0.25, 0.3) is 0 Å². The lowest BCUT2D eigenvalue weighted by molar-refractivity contribution is -0.384. The molecule has 1 unspecified atom stereocenters. The minimum Gasteiger partial charge on any atom is -0.442 e. The molecule has 1 aliphatic carbocycles. The number of hydrogen-bond acceptors (Lipinski definition) is 7. The normalized spacial score (nSPS) is 17.7. The zero-order valence-corrected chi connectivity index (χ0v) is 21.9. The first-order valence-corrected chi connectivity index (χ1v) is 11.8. The maximum atomic E-state index is 13.0. The van der Waals surface area contributed by atoms with Gasteiger partial charge < -0.3 is 15.0 Å². The summed E-state index contributed by atoms with van der Waals surface area (Å²) in [6.45, 7) is 5.13. The largest absolute Gasteiger partial charge is 0.442 e. The summed E-state index contributed by atoms with van der Waals surface area (Å²) in [6, 6.07) is 3.32. The molecule has 1 aliphatic rings. The van der Waals surface area contributed by atoms with Crippen LogP contribution in [-0.2, 0) is 14.3 Å². The van der Waals surface area contributed by atoms with Crippen molar-refractivity contribution in [1.29, 1.82) is 0 Å². The highest BCUT2D eigenvalue weighted by atomic mass is 35.5. The Bertz CT molecular complexity index is 1010. The summed E-state index contributed by atoms with van der Waals surface area (Å²) in [5, 5.41) is 14.6. The molecule has 1 fully saturated rings. The molecule has 35 heavy (non-hydrogen) atoms. The van der Waals surface area contributed by atoms with Gasteiger partial charge in [0.2, 0.25) is 5.91 Å². The second-order valence-electron chi connectivity index (χ2n) is 9.42. The molecule has 2 N–H and O–H groups in total. The summed E-state index contributed by atoms with van der Waals surface area (Å²) >= 11 is 11.0. The molecule has 1 saturated carbocycles. The first-order chi connectivity index (χ1) is 16.2. The van der Waals surface area contributed by atoms with Crippen LogP contribution in [0.5, 0.6) is 0 Å². The van der Waals surface area contributed by atoms with E-state index in [9.17, 15) is 24.5 Å². The number of nitrogens with one attached hydrogen (secondary N) is 2. The molecule has 3 amide bonds. The van der Waals surface area contributed by atoms with Crippen LogP contribution < -0.4 is 10.7 Å². The Morgan fingerprint density at radius 1 is 1.23 bits per heavy atom. The number of nitrogens with zero attached hydrogens (tertiary/aromatic N) is 3. The second-order valence-corrected chi connectivity index (χ2v) is 10.2. The highest BCUT2D eigenvalue weighted by molar-refractivity contribution is 7.82. The third-order valence-electron chi connectivity index (χ3n) is 5.22. The minimum atomic E-state index is -0.809. The molecule has 0 bridgehead atoms. The van der Waals surface area contributed by atoms with E-state index in [1.54, 1.807) is 34.9 Å². The van der Waals surface area contributed by atoms with Crippen LogP contribution in [0.2, 0.25) is 5.02 Å². The van der Waals surface area contributed by atoms with E-state index in [-0.39, 0.29) is 33.2 Å². The Labute approximate surface area is 214 Å². The van der Waals surface area contributed by atoms with Crippen molar-refractivity contribution in [2.75, 3.05) is 19.4 Å². The first kappa shape index (κ1) is 28.2. The number of hydrogen-bond donors (Lipinski definition) is 2. The van der Waals surface area contributed by atoms with Crippen LogP contribution >= 0.6 is 23.8 Å². The van der Waals surface area contributed by atoms with E-state index in [1.165, 1.54) is 17.0 Å². The van der Waals surface area contributed by atoms with Gasteiger partial charge in [0.1, 0.15) is 10.6 Å². The van der Waals surface area contributed by atoms with Gasteiger partial charge in [0.25, 0.3) is 11.6 Å². The highest BCUT2D eigenvalue weighted by Gasteiger charge is 2.36. The van der Waals surface area contributed by atoms with Crippen molar-refractivity contribution < 1.29 is 24.0 Å². The molecule has 2 rings (SSSR count). The number of nitro benzene ring substituents is 1. The van der Waals surface area contributed by atoms with Crippen molar-refractivity contribution in [3.05, 3.63) is 33.3 Å². The van der Waals surface area contributed by atoms with Gasteiger partial charge in [-0.15, -0.1) is 0 Å². The van der Waals surface area contributed by atoms with Crippen molar-refractivity contribution in [3.63, 3.8) is 0 Å².